The maximum absolute atomic E-state index is 11.2. The molecule has 0 aromatic heterocycles. The number of nitrogens with two attached hydrogens (primary N) is 1. The minimum absolute atomic E-state index is 0.106. The van der Waals surface area contributed by atoms with Gasteiger partial charge in [0, 0.05) is 40.2 Å². The summed E-state index contributed by atoms with van der Waals surface area (Å²) in [7, 11) is -0.842. The van der Waals surface area contributed by atoms with Gasteiger partial charge in [-0.25, -0.2) is 4.79 Å². The van der Waals surface area contributed by atoms with Gasteiger partial charge in [-0.3, -0.25) is 4.21 Å². The topological polar surface area (TPSA) is 92.4 Å². The summed E-state index contributed by atoms with van der Waals surface area (Å²) in [5.41, 5.74) is 7.57. The molecule has 2 unspecified atom stereocenters. The van der Waals surface area contributed by atoms with E-state index in [1.165, 1.54) is 6.07 Å². The molecule has 0 saturated carbocycles. The molecule has 106 valence electrons. The summed E-state index contributed by atoms with van der Waals surface area (Å²) in [5, 5.41) is 12.3. The zero-order chi connectivity index (χ0) is 14.6. The van der Waals surface area contributed by atoms with Crippen LogP contribution >= 0.6 is 0 Å². The number of rotatable bonds is 6. The van der Waals surface area contributed by atoms with Crippen molar-refractivity contribution in [3.05, 3.63) is 23.3 Å². The van der Waals surface area contributed by atoms with Gasteiger partial charge in [-0.05, 0) is 31.0 Å². The van der Waals surface area contributed by atoms with Crippen molar-refractivity contribution in [2.45, 2.75) is 25.5 Å². The lowest BCUT2D eigenvalue weighted by Crippen LogP contribution is -2.15. The molecule has 0 fully saturated rings. The number of hydrogen-bond donors (Lipinski definition) is 3. The molecular formula is C13H20N2O3S. The fourth-order valence-corrected chi connectivity index (χ4v) is 2.11. The lowest BCUT2D eigenvalue weighted by Gasteiger charge is -2.13. The van der Waals surface area contributed by atoms with Gasteiger partial charge in [-0.2, -0.15) is 0 Å². The van der Waals surface area contributed by atoms with Crippen molar-refractivity contribution in [2.24, 2.45) is 0 Å². The molecule has 0 bridgehead atoms. The van der Waals surface area contributed by atoms with Gasteiger partial charge in [0.05, 0.1) is 5.56 Å². The predicted molar refractivity (Wildman–Crippen MR) is 79.2 cm³/mol. The van der Waals surface area contributed by atoms with E-state index < -0.39 is 16.8 Å². The molecule has 19 heavy (non-hydrogen) atoms. The summed E-state index contributed by atoms with van der Waals surface area (Å²) in [6, 6.07) is 3.34. The highest BCUT2D eigenvalue weighted by Gasteiger charge is 2.12. The first-order chi connectivity index (χ1) is 8.82. The first kappa shape index (κ1) is 15.5. The third-order valence-corrected chi connectivity index (χ3v) is 4.43. The molecule has 0 aliphatic rings. The van der Waals surface area contributed by atoms with Crippen molar-refractivity contribution in [1.82, 2.24) is 0 Å². The highest BCUT2D eigenvalue weighted by atomic mass is 32.2. The molecule has 0 aliphatic heterocycles. The number of carboxylic acid groups (broad SMARTS) is 1. The normalized spacial score (nSPS) is 13.8. The lowest BCUT2D eigenvalue weighted by molar-refractivity contribution is 0.0698. The zero-order valence-electron chi connectivity index (χ0n) is 11.4. The molecule has 1 aromatic carbocycles. The maximum Gasteiger partial charge on any atom is 0.337 e. The molecule has 6 heteroatoms. The predicted octanol–water partition coefficient (Wildman–Crippen LogP) is 1.84. The molecule has 0 heterocycles. The van der Waals surface area contributed by atoms with E-state index in [4.69, 9.17) is 10.8 Å². The van der Waals surface area contributed by atoms with Gasteiger partial charge in [0.1, 0.15) is 0 Å². The smallest absolute Gasteiger partial charge is 0.337 e. The zero-order valence-corrected chi connectivity index (χ0v) is 12.2. The second-order valence-electron chi connectivity index (χ2n) is 4.58. The molecule has 0 amide bonds. The first-order valence-electron chi connectivity index (χ1n) is 6.02. The Hall–Kier alpha value is -1.56. The van der Waals surface area contributed by atoms with Crippen LogP contribution in [0.2, 0.25) is 0 Å². The van der Waals surface area contributed by atoms with Crippen molar-refractivity contribution in [3.8, 4) is 0 Å². The van der Waals surface area contributed by atoms with Crippen LogP contribution in [-0.4, -0.2) is 33.3 Å². The number of aromatic carboxylic acids is 1. The van der Waals surface area contributed by atoms with E-state index in [9.17, 15) is 9.00 Å². The van der Waals surface area contributed by atoms with Crippen LogP contribution in [0.15, 0.2) is 12.1 Å². The fraction of sp³-hybridized carbons (Fsp3) is 0.462. The minimum atomic E-state index is -1.03. The van der Waals surface area contributed by atoms with Crippen LogP contribution in [0.5, 0.6) is 0 Å². The van der Waals surface area contributed by atoms with E-state index in [1.54, 1.807) is 13.2 Å². The van der Waals surface area contributed by atoms with Crippen molar-refractivity contribution >= 4 is 28.1 Å². The van der Waals surface area contributed by atoms with Crippen LogP contribution in [0.4, 0.5) is 11.4 Å². The van der Waals surface area contributed by atoms with Gasteiger partial charge in [-0.1, -0.05) is 6.92 Å². The SMILES string of the molecule is Cc1cc(NCCC(C)S(C)=O)cc(C(=O)O)c1N. The van der Waals surface area contributed by atoms with Crippen LogP contribution in [0.25, 0.3) is 0 Å². The number of anilines is 2. The van der Waals surface area contributed by atoms with Gasteiger partial charge in [0.2, 0.25) is 0 Å². The largest absolute Gasteiger partial charge is 0.478 e. The average Bonchev–Trinajstić information content (AvgIpc) is 2.32. The van der Waals surface area contributed by atoms with Crippen LogP contribution in [0.3, 0.4) is 0 Å². The molecule has 4 N–H and O–H groups in total. The summed E-state index contributed by atoms with van der Waals surface area (Å²) in [6.45, 7) is 4.34. The van der Waals surface area contributed by atoms with Gasteiger partial charge < -0.3 is 16.2 Å². The van der Waals surface area contributed by atoms with Crippen molar-refractivity contribution in [3.63, 3.8) is 0 Å². The van der Waals surface area contributed by atoms with E-state index in [0.717, 1.165) is 17.7 Å². The van der Waals surface area contributed by atoms with E-state index in [-0.39, 0.29) is 10.8 Å². The Balaban J connectivity index is 2.75. The van der Waals surface area contributed by atoms with Crippen LogP contribution in [0.1, 0.15) is 29.3 Å². The third kappa shape index (κ3) is 4.24. The minimum Gasteiger partial charge on any atom is -0.478 e. The summed E-state index contributed by atoms with van der Waals surface area (Å²) >= 11 is 0. The Labute approximate surface area is 115 Å². The highest BCUT2D eigenvalue weighted by Crippen LogP contribution is 2.22. The standard InChI is InChI=1S/C13H20N2O3S/c1-8-6-10(7-11(12(8)14)13(16)17)15-5-4-9(2)19(3)18/h6-7,9,15H,4-5,14H2,1-3H3,(H,16,17). The van der Waals surface area contributed by atoms with Crippen LogP contribution in [0, 0.1) is 6.92 Å². The number of nitrogens with one attached hydrogen (secondary N) is 1. The average molecular weight is 284 g/mol. The summed E-state index contributed by atoms with van der Waals surface area (Å²) in [4.78, 5) is 11.0. The van der Waals surface area contributed by atoms with Gasteiger partial charge >= 0.3 is 5.97 Å². The maximum atomic E-state index is 11.2. The monoisotopic (exact) mass is 284 g/mol. The molecule has 0 aliphatic carbocycles. The lowest BCUT2D eigenvalue weighted by atomic mass is 10.1. The van der Waals surface area contributed by atoms with Crippen LogP contribution < -0.4 is 11.1 Å². The Morgan fingerprint density at radius 2 is 2.16 bits per heavy atom. The van der Waals surface area contributed by atoms with Gasteiger partial charge in [-0.15, -0.1) is 0 Å². The molecule has 0 spiro atoms. The summed E-state index contributed by atoms with van der Waals surface area (Å²) in [5.74, 6) is -1.03. The number of aryl methyl sites for hydroxylation is 1. The Morgan fingerprint density at radius 1 is 1.53 bits per heavy atom. The second-order valence-corrected chi connectivity index (χ2v) is 6.39. The van der Waals surface area contributed by atoms with E-state index >= 15 is 0 Å². The van der Waals surface area contributed by atoms with Gasteiger partial charge in [0.15, 0.2) is 0 Å². The first-order valence-corrected chi connectivity index (χ1v) is 7.64. The number of benzene rings is 1. The molecule has 0 saturated heterocycles. The van der Waals surface area contributed by atoms with Crippen molar-refractivity contribution < 1.29 is 14.1 Å². The van der Waals surface area contributed by atoms with Crippen LogP contribution in [-0.2, 0) is 10.8 Å². The van der Waals surface area contributed by atoms with Crippen molar-refractivity contribution in [1.29, 1.82) is 0 Å². The van der Waals surface area contributed by atoms with E-state index in [2.05, 4.69) is 5.32 Å². The second kappa shape index (κ2) is 6.56. The molecule has 2 atom stereocenters. The van der Waals surface area contributed by atoms with Gasteiger partial charge in [0.25, 0.3) is 0 Å². The number of carboxylic acids is 1. The Morgan fingerprint density at radius 3 is 2.68 bits per heavy atom. The Kier molecular flexibility index (Phi) is 5.35. The van der Waals surface area contributed by atoms with E-state index in [0.29, 0.717) is 12.2 Å². The summed E-state index contributed by atoms with van der Waals surface area (Å²) < 4.78 is 11.2. The molecule has 5 nitrogen and oxygen atoms in total. The molecule has 1 rings (SSSR count). The Bertz CT molecular complexity index is 503. The van der Waals surface area contributed by atoms with E-state index in [1.807, 2.05) is 13.0 Å². The summed E-state index contributed by atoms with van der Waals surface area (Å²) in [6.07, 6.45) is 2.44. The van der Waals surface area contributed by atoms with Crippen molar-refractivity contribution in [2.75, 3.05) is 23.9 Å². The number of carbonyl (C=O) groups is 1. The molecule has 1 aromatic rings. The highest BCUT2D eigenvalue weighted by molar-refractivity contribution is 7.84. The quantitative estimate of drug-likeness (QED) is 0.693. The number of hydrogen-bond acceptors (Lipinski definition) is 4. The third-order valence-electron chi connectivity index (χ3n) is 3.06. The molecular weight excluding hydrogens is 264 g/mol. The molecule has 0 radical (unpaired) electrons. The fourth-order valence-electron chi connectivity index (χ4n) is 1.66. The number of nitrogen functional groups attached to an aromatic ring is 1.